The number of piperidine rings is 1. The molecule has 3 atom stereocenters. The van der Waals surface area contributed by atoms with Gasteiger partial charge in [-0.1, -0.05) is 0 Å². The van der Waals surface area contributed by atoms with Gasteiger partial charge >= 0.3 is 5.97 Å². The average Bonchev–Trinajstić information content (AvgIpc) is 2.15. The van der Waals surface area contributed by atoms with Crippen molar-refractivity contribution in [2.75, 3.05) is 13.2 Å². The van der Waals surface area contributed by atoms with E-state index in [1.807, 2.05) is 0 Å². The number of hydrogen-bond donors (Lipinski definition) is 2. The van der Waals surface area contributed by atoms with E-state index in [1.54, 1.807) is 0 Å². The highest BCUT2D eigenvalue weighted by atomic mass is 19.3. The van der Waals surface area contributed by atoms with Gasteiger partial charge < -0.3 is 15.2 Å². The van der Waals surface area contributed by atoms with E-state index in [0.717, 1.165) is 0 Å². The first kappa shape index (κ1) is 10.8. The summed E-state index contributed by atoms with van der Waals surface area (Å²) in [5.41, 5.74) is 0. The number of halogens is 2. The predicted octanol–water partition coefficient (Wildman–Crippen LogP) is 0.473. The minimum Gasteiger partial charge on any atom is -0.481 e. The molecule has 0 radical (unpaired) electrons. The van der Waals surface area contributed by atoms with Crippen LogP contribution in [-0.4, -0.2) is 42.3 Å². The molecule has 4 nitrogen and oxygen atoms in total. The molecule has 86 valence electrons. The van der Waals surface area contributed by atoms with Gasteiger partial charge in [0.05, 0.1) is 25.7 Å². The zero-order valence-corrected chi connectivity index (χ0v) is 8.08. The molecule has 0 aromatic carbocycles. The van der Waals surface area contributed by atoms with Crippen molar-refractivity contribution in [1.82, 2.24) is 5.32 Å². The maximum Gasteiger partial charge on any atom is 0.303 e. The highest BCUT2D eigenvalue weighted by molar-refractivity contribution is 5.67. The molecule has 0 aromatic heterocycles. The summed E-state index contributed by atoms with van der Waals surface area (Å²) in [6.45, 7) is 0.350. The van der Waals surface area contributed by atoms with Gasteiger partial charge in [0.25, 0.3) is 5.92 Å². The minimum absolute atomic E-state index is 0.0420. The molecule has 2 bridgehead atoms. The van der Waals surface area contributed by atoms with Crippen molar-refractivity contribution in [1.29, 1.82) is 0 Å². The van der Waals surface area contributed by atoms with E-state index in [9.17, 15) is 13.6 Å². The summed E-state index contributed by atoms with van der Waals surface area (Å²) in [5.74, 6) is -5.23. The van der Waals surface area contributed by atoms with Crippen molar-refractivity contribution in [3.8, 4) is 0 Å². The van der Waals surface area contributed by atoms with Gasteiger partial charge in [-0.3, -0.25) is 4.79 Å². The maximum absolute atomic E-state index is 13.7. The van der Waals surface area contributed by atoms with Crippen LogP contribution in [0.15, 0.2) is 0 Å². The number of alkyl halides is 2. The summed E-state index contributed by atoms with van der Waals surface area (Å²) >= 11 is 0. The summed E-state index contributed by atoms with van der Waals surface area (Å²) in [6, 6.07) is -1.16. The van der Waals surface area contributed by atoms with Crippen LogP contribution in [0.3, 0.4) is 0 Å². The first-order valence-corrected chi connectivity index (χ1v) is 4.93. The van der Waals surface area contributed by atoms with Crippen molar-refractivity contribution in [2.24, 2.45) is 5.92 Å². The number of fused-ring (bicyclic) bond motifs is 2. The Hall–Kier alpha value is -0.750. The highest BCUT2D eigenvalue weighted by Crippen LogP contribution is 2.39. The second-order valence-electron chi connectivity index (χ2n) is 4.16. The fourth-order valence-corrected chi connectivity index (χ4v) is 2.28. The number of ether oxygens (including phenoxy) is 1. The first-order chi connectivity index (χ1) is 7.00. The van der Waals surface area contributed by atoms with Crippen LogP contribution in [0.4, 0.5) is 8.78 Å². The zero-order chi connectivity index (χ0) is 11.1. The van der Waals surface area contributed by atoms with Crippen LogP contribution >= 0.6 is 0 Å². The molecule has 0 aliphatic carbocycles. The van der Waals surface area contributed by atoms with E-state index < -0.39 is 30.3 Å². The molecule has 0 aromatic rings. The van der Waals surface area contributed by atoms with Crippen LogP contribution in [0, 0.1) is 5.92 Å². The topological polar surface area (TPSA) is 58.6 Å². The number of carboxylic acid groups (broad SMARTS) is 1. The third-order valence-corrected chi connectivity index (χ3v) is 3.04. The summed E-state index contributed by atoms with van der Waals surface area (Å²) in [5, 5.41) is 11.4. The fourth-order valence-electron chi connectivity index (χ4n) is 2.28. The molecule has 0 spiro atoms. The number of carbonyl (C=O) groups is 1. The molecular formula is C9H13F2NO3. The molecule has 3 unspecified atom stereocenters. The molecule has 2 saturated heterocycles. The lowest BCUT2D eigenvalue weighted by atomic mass is 9.81. The molecule has 2 aliphatic heterocycles. The quantitative estimate of drug-likeness (QED) is 0.711. The minimum atomic E-state index is -2.99. The second kappa shape index (κ2) is 3.68. The van der Waals surface area contributed by atoms with Crippen LogP contribution < -0.4 is 5.32 Å². The zero-order valence-electron chi connectivity index (χ0n) is 8.08. The Morgan fingerprint density at radius 2 is 2.27 bits per heavy atom. The molecule has 2 aliphatic rings. The van der Waals surface area contributed by atoms with Gasteiger partial charge in [0.15, 0.2) is 0 Å². The fraction of sp³-hybridized carbons (Fsp3) is 0.889. The van der Waals surface area contributed by atoms with Crippen LogP contribution in [0.25, 0.3) is 0 Å². The Morgan fingerprint density at radius 3 is 2.93 bits per heavy atom. The normalized spacial score (nSPS) is 38.7. The number of rotatable bonds is 2. The third kappa shape index (κ3) is 1.96. The largest absolute Gasteiger partial charge is 0.481 e. The molecule has 6 heteroatoms. The van der Waals surface area contributed by atoms with Crippen LogP contribution in [0.5, 0.6) is 0 Å². The number of nitrogens with one attached hydrogen (secondary N) is 1. The predicted molar refractivity (Wildman–Crippen MR) is 46.8 cm³/mol. The molecule has 0 saturated carbocycles. The van der Waals surface area contributed by atoms with Crippen molar-refractivity contribution in [3.63, 3.8) is 0 Å². The number of morpholine rings is 1. The molecular weight excluding hydrogens is 208 g/mol. The van der Waals surface area contributed by atoms with E-state index in [2.05, 4.69) is 5.32 Å². The smallest absolute Gasteiger partial charge is 0.303 e. The van der Waals surface area contributed by atoms with Gasteiger partial charge in [0, 0.05) is 12.0 Å². The lowest BCUT2D eigenvalue weighted by molar-refractivity contribution is -0.171. The highest BCUT2D eigenvalue weighted by Gasteiger charge is 2.53. The molecule has 0 amide bonds. The van der Waals surface area contributed by atoms with Gasteiger partial charge in [0.2, 0.25) is 0 Å². The standard InChI is InChI=1S/C9H13F2NO3/c10-9(11)5(2-8(13)14)1-6-3-15-4-7(9)12-6/h5-7,12H,1-4H2,(H,13,14). The van der Waals surface area contributed by atoms with E-state index in [0.29, 0.717) is 6.61 Å². The van der Waals surface area contributed by atoms with Gasteiger partial charge in [-0.2, -0.15) is 0 Å². The monoisotopic (exact) mass is 221 g/mol. The van der Waals surface area contributed by atoms with E-state index in [1.165, 1.54) is 0 Å². The Kier molecular flexibility index (Phi) is 2.64. The first-order valence-electron chi connectivity index (χ1n) is 4.93. The number of hydrogen-bond acceptors (Lipinski definition) is 3. The lowest BCUT2D eigenvalue weighted by Gasteiger charge is -2.45. The van der Waals surface area contributed by atoms with E-state index in [-0.39, 0.29) is 19.1 Å². The van der Waals surface area contributed by atoms with Gasteiger partial charge in [-0.05, 0) is 6.42 Å². The van der Waals surface area contributed by atoms with Crippen LogP contribution in [0.2, 0.25) is 0 Å². The Morgan fingerprint density at radius 1 is 1.53 bits per heavy atom. The Labute approximate surface area is 85.6 Å². The van der Waals surface area contributed by atoms with Crippen LogP contribution in [0.1, 0.15) is 12.8 Å². The molecule has 2 fully saturated rings. The summed E-state index contributed by atoms with van der Waals surface area (Å²) in [6.07, 6.45) is -0.308. The van der Waals surface area contributed by atoms with Crippen LogP contribution in [-0.2, 0) is 9.53 Å². The summed E-state index contributed by atoms with van der Waals surface area (Å²) in [4.78, 5) is 10.5. The van der Waals surface area contributed by atoms with Crippen molar-refractivity contribution in [3.05, 3.63) is 0 Å². The summed E-state index contributed by atoms with van der Waals surface area (Å²) in [7, 11) is 0. The molecule has 2 N–H and O–H groups in total. The van der Waals surface area contributed by atoms with Crippen molar-refractivity contribution < 1.29 is 23.4 Å². The molecule has 2 rings (SSSR count). The van der Waals surface area contributed by atoms with E-state index >= 15 is 0 Å². The Balaban J connectivity index is 2.12. The van der Waals surface area contributed by atoms with Gasteiger partial charge in [-0.15, -0.1) is 0 Å². The van der Waals surface area contributed by atoms with Crippen molar-refractivity contribution in [2.45, 2.75) is 30.8 Å². The van der Waals surface area contributed by atoms with Crippen molar-refractivity contribution >= 4 is 5.97 Å². The second-order valence-corrected chi connectivity index (χ2v) is 4.16. The lowest BCUT2D eigenvalue weighted by Crippen LogP contribution is -2.64. The molecule has 15 heavy (non-hydrogen) atoms. The summed E-state index contributed by atoms with van der Waals surface area (Å²) < 4.78 is 32.4. The third-order valence-electron chi connectivity index (χ3n) is 3.04. The van der Waals surface area contributed by atoms with Gasteiger partial charge in [-0.25, -0.2) is 8.78 Å². The number of carboxylic acids is 1. The molecule has 2 heterocycles. The average molecular weight is 221 g/mol. The van der Waals surface area contributed by atoms with E-state index in [4.69, 9.17) is 9.84 Å². The Bertz CT molecular complexity index is 272. The SMILES string of the molecule is O=C(O)CC1CC2COCC(N2)C1(F)F. The number of aliphatic carboxylic acids is 1. The van der Waals surface area contributed by atoms with Gasteiger partial charge in [0.1, 0.15) is 0 Å². The maximum atomic E-state index is 13.7.